The number of alkyl carbamates (subject to hydrolysis) is 1. The van der Waals surface area contributed by atoms with Gasteiger partial charge >= 0.3 is 6.09 Å². The van der Waals surface area contributed by atoms with Crippen LogP contribution in [0.1, 0.15) is 99.0 Å². The maximum absolute atomic E-state index is 13.5. The lowest BCUT2D eigenvalue weighted by Crippen LogP contribution is -2.55. The summed E-state index contributed by atoms with van der Waals surface area (Å²) in [5.41, 5.74) is 6.61. The van der Waals surface area contributed by atoms with Crippen molar-refractivity contribution in [1.29, 1.82) is 0 Å². The zero-order valence-electron chi connectivity index (χ0n) is 29.9. The molecule has 0 aliphatic heterocycles. The topological polar surface area (TPSA) is 141 Å². The molecule has 0 heterocycles. The smallest absolute Gasteiger partial charge is 0.408 e. The second-order valence-electron chi connectivity index (χ2n) is 14.8. The van der Waals surface area contributed by atoms with E-state index in [0.29, 0.717) is 43.6 Å². The number of nitrogens with one attached hydrogen (secondary N) is 2. The molecule has 1 saturated carbocycles. The molecule has 0 bridgehead atoms. The summed E-state index contributed by atoms with van der Waals surface area (Å²) in [6.45, 7) is 15.3. The molecule has 2 amide bonds. The van der Waals surface area contributed by atoms with E-state index < -0.39 is 35.3 Å². The van der Waals surface area contributed by atoms with Gasteiger partial charge in [0.15, 0.2) is 11.5 Å². The van der Waals surface area contributed by atoms with E-state index in [2.05, 4.69) is 24.5 Å². The molecule has 1 aliphatic rings. The van der Waals surface area contributed by atoms with Crippen molar-refractivity contribution in [3.8, 4) is 11.5 Å². The van der Waals surface area contributed by atoms with Crippen molar-refractivity contribution < 1.29 is 33.6 Å². The summed E-state index contributed by atoms with van der Waals surface area (Å²) in [4.78, 5) is 26.1. The number of methoxy groups -OCH3 is 2. The van der Waals surface area contributed by atoms with Crippen molar-refractivity contribution in [1.82, 2.24) is 10.6 Å². The van der Waals surface area contributed by atoms with Crippen molar-refractivity contribution >= 4 is 12.0 Å². The summed E-state index contributed by atoms with van der Waals surface area (Å²) in [7, 11) is 3.30. The van der Waals surface area contributed by atoms with Gasteiger partial charge in [0.2, 0.25) is 5.91 Å². The largest absolute Gasteiger partial charge is 0.493 e. The highest BCUT2D eigenvalue weighted by Gasteiger charge is 2.38. The number of rotatable bonds is 19. The van der Waals surface area contributed by atoms with Gasteiger partial charge in [-0.1, -0.05) is 46.6 Å². The number of aliphatic hydroxyl groups excluding tert-OH is 1. The third kappa shape index (κ3) is 13.3. The highest BCUT2D eigenvalue weighted by atomic mass is 16.6. The number of amides is 2. The first kappa shape index (κ1) is 39.6. The zero-order valence-corrected chi connectivity index (χ0v) is 29.9. The van der Waals surface area contributed by atoms with Crippen LogP contribution in [0.4, 0.5) is 4.79 Å². The molecule has 0 unspecified atom stereocenters. The molecule has 0 saturated heterocycles. The molecular formula is C36H63N3O7. The average molecular weight is 650 g/mol. The van der Waals surface area contributed by atoms with Crippen LogP contribution in [0.25, 0.3) is 0 Å². The Morgan fingerprint density at radius 1 is 1.00 bits per heavy atom. The number of carbonyl (C=O) groups is 2. The second-order valence-corrected chi connectivity index (χ2v) is 14.8. The molecule has 4 atom stereocenters. The van der Waals surface area contributed by atoms with Crippen LogP contribution in [-0.4, -0.2) is 74.4 Å². The molecule has 0 aromatic heterocycles. The predicted octanol–water partition coefficient (Wildman–Crippen LogP) is 5.62. The Labute approximate surface area is 277 Å². The van der Waals surface area contributed by atoms with Gasteiger partial charge in [-0.3, -0.25) is 4.79 Å². The monoisotopic (exact) mass is 649 g/mol. The van der Waals surface area contributed by atoms with Gasteiger partial charge in [0.05, 0.1) is 25.4 Å². The summed E-state index contributed by atoms with van der Waals surface area (Å²) in [6, 6.07) is 5.51. The first-order chi connectivity index (χ1) is 21.6. The number of carbonyl (C=O) groups excluding carboxylic acids is 2. The molecule has 1 aromatic rings. The van der Waals surface area contributed by atoms with Crippen molar-refractivity contribution in [2.45, 2.75) is 123 Å². The molecule has 1 aromatic carbocycles. The van der Waals surface area contributed by atoms with Gasteiger partial charge in [-0.15, -0.1) is 0 Å². The molecular weight excluding hydrogens is 586 g/mol. The first-order valence-corrected chi connectivity index (χ1v) is 17.1. The maximum atomic E-state index is 13.5. The SMILES string of the molecule is COCCCOc1cc(C[C@@H](C[C@H](N)[C@@H](O)C[C@H](C(=O)NCC2(NC(=O)OC(C)(C)C)CCCC2)C(C)C)C(C)C)ccc1OC. The number of hydrogen-bond acceptors (Lipinski definition) is 8. The lowest BCUT2D eigenvalue weighted by atomic mass is 9.80. The minimum atomic E-state index is -0.838. The maximum Gasteiger partial charge on any atom is 0.408 e. The molecule has 1 aliphatic carbocycles. The van der Waals surface area contributed by atoms with Crippen LogP contribution in [0.5, 0.6) is 11.5 Å². The summed E-state index contributed by atoms with van der Waals surface area (Å²) in [5.74, 6) is 1.39. The van der Waals surface area contributed by atoms with Crippen LogP contribution in [0.2, 0.25) is 0 Å². The molecule has 264 valence electrons. The Hall–Kier alpha value is -2.56. The first-order valence-electron chi connectivity index (χ1n) is 17.1. The van der Waals surface area contributed by atoms with Crippen LogP contribution < -0.4 is 25.8 Å². The van der Waals surface area contributed by atoms with E-state index in [1.165, 1.54) is 0 Å². The van der Waals surface area contributed by atoms with Crippen molar-refractivity contribution in [3.63, 3.8) is 0 Å². The Morgan fingerprint density at radius 2 is 1.67 bits per heavy atom. The van der Waals surface area contributed by atoms with Crippen LogP contribution in [-0.2, 0) is 20.7 Å². The van der Waals surface area contributed by atoms with Gasteiger partial charge in [0.1, 0.15) is 5.60 Å². The van der Waals surface area contributed by atoms with E-state index >= 15 is 0 Å². The summed E-state index contributed by atoms with van der Waals surface area (Å²) >= 11 is 0. The van der Waals surface area contributed by atoms with E-state index in [9.17, 15) is 14.7 Å². The summed E-state index contributed by atoms with van der Waals surface area (Å²) in [5, 5.41) is 17.4. The molecule has 46 heavy (non-hydrogen) atoms. The lowest BCUT2D eigenvalue weighted by Gasteiger charge is -2.33. The van der Waals surface area contributed by atoms with Crippen LogP contribution in [0.3, 0.4) is 0 Å². The standard InChI is InChI=1S/C36H63N3O7/c1-24(2)27(19-26-13-14-31(44-9)32(20-26)45-18-12-17-43-8)21-29(37)30(40)22-28(25(3)4)33(41)38-23-36(15-10-11-16-36)39-34(42)46-35(5,6)7/h13-14,20,24-25,27-30,40H,10-12,15-19,21-23,37H2,1-9H3,(H,38,41)(H,39,42)/t27-,28-,29-,30-/m0/s1. The fourth-order valence-electron chi connectivity index (χ4n) is 6.17. The van der Waals surface area contributed by atoms with E-state index in [4.69, 9.17) is 24.7 Å². The van der Waals surface area contributed by atoms with Crippen LogP contribution >= 0.6 is 0 Å². The zero-order chi connectivity index (χ0) is 34.5. The Kier molecular flexibility index (Phi) is 16.1. The van der Waals surface area contributed by atoms with E-state index in [-0.39, 0.29) is 24.2 Å². The van der Waals surface area contributed by atoms with E-state index in [0.717, 1.165) is 44.1 Å². The molecule has 0 spiro atoms. The molecule has 2 rings (SSSR count). The quantitative estimate of drug-likeness (QED) is 0.142. The Bertz CT molecular complexity index is 1070. The number of nitrogens with two attached hydrogens (primary N) is 1. The fraction of sp³-hybridized carbons (Fsp3) is 0.778. The fourth-order valence-corrected chi connectivity index (χ4v) is 6.17. The normalized spacial score (nSPS) is 17.3. The predicted molar refractivity (Wildman–Crippen MR) is 182 cm³/mol. The van der Waals surface area contributed by atoms with Gasteiger partial charge < -0.3 is 40.4 Å². The number of hydrogen-bond donors (Lipinski definition) is 4. The van der Waals surface area contributed by atoms with Crippen molar-refractivity contribution in [2.24, 2.45) is 29.4 Å². The minimum Gasteiger partial charge on any atom is -0.493 e. The van der Waals surface area contributed by atoms with Crippen LogP contribution in [0, 0.1) is 23.7 Å². The van der Waals surface area contributed by atoms with Gasteiger partial charge in [-0.25, -0.2) is 4.79 Å². The number of ether oxygens (including phenoxy) is 4. The number of aliphatic hydroxyl groups is 1. The van der Waals surface area contributed by atoms with E-state index in [1.807, 2.05) is 52.8 Å². The molecule has 5 N–H and O–H groups in total. The summed E-state index contributed by atoms with van der Waals surface area (Å²) in [6.07, 6.45) is 4.64. The van der Waals surface area contributed by atoms with Gasteiger partial charge in [-0.05, 0) is 88.3 Å². The average Bonchev–Trinajstić information content (AvgIpc) is 3.43. The van der Waals surface area contributed by atoms with Gasteiger partial charge in [0.25, 0.3) is 0 Å². The Morgan fingerprint density at radius 3 is 2.24 bits per heavy atom. The second kappa shape index (κ2) is 18.7. The van der Waals surface area contributed by atoms with Gasteiger partial charge in [-0.2, -0.15) is 0 Å². The molecule has 10 heteroatoms. The van der Waals surface area contributed by atoms with E-state index in [1.54, 1.807) is 14.2 Å². The summed E-state index contributed by atoms with van der Waals surface area (Å²) < 4.78 is 22.1. The molecule has 10 nitrogen and oxygen atoms in total. The Balaban J connectivity index is 2.02. The molecule has 0 radical (unpaired) electrons. The van der Waals surface area contributed by atoms with Crippen LogP contribution in [0.15, 0.2) is 18.2 Å². The number of benzene rings is 1. The van der Waals surface area contributed by atoms with Crippen molar-refractivity contribution in [3.05, 3.63) is 23.8 Å². The minimum absolute atomic E-state index is 0.00250. The third-order valence-corrected chi connectivity index (χ3v) is 9.05. The highest BCUT2D eigenvalue weighted by Crippen LogP contribution is 2.33. The molecule has 1 fully saturated rings. The van der Waals surface area contributed by atoms with Gasteiger partial charge in [0, 0.05) is 38.6 Å². The lowest BCUT2D eigenvalue weighted by molar-refractivity contribution is -0.128. The highest BCUT2D eigenvalue weighted by molar-refractivity contribution is 5.79. The third-order valence-electron chi connectivity index (χ3n) is 9.05. The van der Waals surface area contributed by atoms with Crippen molar-refractivity contribution in [2.75, 3.05) is 34.0 Å².